The summed E-state index contributed by atoms with van der Waals surface area (Å²) in [6, 6.07) is 5.87. The number of ether oxygens (including phenoxy) is 1. The van der Waals surface area contributed by atoms with Crippen LogP contribution in [0.2, 0.25) is 0 Å². The summed E-state index contributed by atoms with van der Waals surface area (Å²) in [6.45, 7) is 0.392. The van der Waals surface area contributed by atoms with E-state index in [1.165, 1.54) is 18.2 Å². The van der Waals surface area contributed by atoms with Gasteiger partial charge < -0.3 is 10.5 Å². The van der Waals surface area contributed by atoms with E-state index >= 15 is 0 Å². The number of para-hydroxylation sites is 2. The molecule has 0 heterocycles. The number of nitrogens with two attached hydrogens (primary N) is 1. The zero-order valence-corrected chi connectivity index (χ0v) is 9.58. The largest absolute Gasteiger partial charge is 0.490 e. The van der Waals surface area contributed by atoms with E-state index in [9.17, 15) is 17.2 Å². The van der Waals surface area contributed by atoms with Crippen LogP contribution in [0.3, 0.4) is 0 Å². The maximum atomic E-state index is 12.2. The SMILES string of the molecule is NCCOc1ccccc1NS(=O)(=O)C(F)F. The van der Waals surface area contributed by atoms with E-state index in [-0.39, 0.29) is 24.6 Å². The van der Waals surface area contributed by atoms with Crippen LogP contribution in [0.25, 0.3) is 0 Å². The molecule has 0 aliphatic carbocycles. The summed E-state index contributed by atoms with van der Waals surface area (Å²) < 4.78 is 53.2. The van der Waals surface area contributed by atoms with Gasteiger partial charge in [-0.05, 0) is 12.1 Å². The van der Waals surface area contributed by atoms with Crippen LogP contribution >= 0.6 is 0 Å². The summed E-state index contributed by atoms with van der Waals surface area (Å²) >= 11 is 0. The van der Waals surface area contributed by atoms with Gasteiger partial charge in [0.15, 0.2) is 0 Å². The van der Waals surface area contributed by atoms with Crippen LogP contribution < -0.4 is 15.2 Å². The molecular weight excluding hydrogens is 254 g/mol. The third-order valence-corrected chi connectivity index (χ3v) is 2.72. The quantitative estimate of drug-likeness (QED) is 0.804. The molecule has 0 unspecified atom stereocenters. The second-order valence-corrected chi connectivity index (χ2v) is 4.69. The van der Waals surface area contributed by atoms with Gasteiger partial charge in [0.2, 0.25) is 0 Å². The lowest BCUT2D eigenvalue weighted by molar-refractivity contribution is 0.236. The van der Waals surface area contributed by atoms with Gasteiger partial charge in [-0.15, -0.1) is 0 Å². The Kier molecular flexibility index (Phi) is 4.64. The zero-order chi connectivity index (χ0) is 12.9. The number of nitrogens with one attached hydrogen (secondary N) is 1. The van der Waals surface area contributed by atoms with E-state index in [2.05, 4.69) is 0 Å². The Bertz CT molecular complexity index is 465. The summed E-state index contributed by atoms with van der Waals surface area (Å²) in [5.41, 5.74) is 5.18. The Morgan fingerprint density at radius 1 is 1.35 bits per heavy atom. The lowest BCUT2D eigenvalue weighted by Gasteiger charge is -2.12. The molecule has 8 heteroatoms. The fourth-order valence-electron chi connectivity index (χ4n) is 1.04. The molecule has 1 aromatic carbocycles. The van der Waals surface area contributed by atoms with Crippen LogP contribution in [0, 0.1) is 0 Å². The molecule has 0 spiro atoms. The molecule has 3 N–H and O–H groups in total. The molecule has 0 aromatic heterocycles. The van der Waals surface area contributed by atoms with E-state index in [1.54, 1.807) is 10.8 Å². The third kappa shape index (κ3) is 3.82. The lowest BCUT2D eigenvalue weighted by Crippen LogP contribution is -2.21. The molecule has 0 amide bonds. The Morgan fingerprint density at radius 2 is 2.00 bits per heavy atom. The molecule has 96 valence electrons. The Labute approximate surface area is 97.6 Å². The molecular formula is C9H12F2N2O3S. The minimum Gasteiger partial charge on any atom is -0.490 e. The van der Waals surface area contributed by atoms with E-state index < -0.39 is 15.8 Å². The fourth-order valence-corrected chi connectivity index (χ4v) is 1.61. The summed E-state index contributed by atoms with van der Waals surface area (Å²) in [6.07, 6.45) is 0. The van der Waals surface area contributed by atoms with Crippen molar-refractivity contribution in [2.75, 3.05) is 17.9 Å². The van der Waals surface area contributed by atoms with Crippen LogP contribution in [0.5, 0.6) is 5.75 Å². The number of benzene rings is 1. The number of halogens is 2. The molecule has 0 aliphatic rings. The topological polar surface area (TPSA) is 81.4 Å². The predicted octanol–water partition coefficient (Wildman–Crippen LogP) is 0.988. The van der Waals surface area contributed by atoms with Gasteiger partial charge in [-0.25, -0.2) is 8.42 Å². The molecule has 1 aromatic rings. The molecule has 0 atom stereocenters. The number of anilines is 1. The van der Waals surface area contributed by atoms with Gasteiger partial charge in [-0.2, -0.15) is 8.78 Å². The van der Waals surface area contributed by atoms with Crippen molar-refractivity contribution in [3.8, 4) is 5.75 Å². The molecule has 0 radical (unpaired) electrons. The smallest absolute Gasteiger partial charge is 0.355 e. The summed E-state index contributed by atoms with van der Waals surface area (Å²) in [7, 11) is -4.69. The molecule has 0 bridgehead atoms. The van der Waals surface area contributed by atoms with Crippen molar-refractivity contribution in [2.24, 2.45) is 5.73 Å². The van der Waals surface area contributed by atoms with Crippen molar-refractivity contribution in [3.05, 3.63) is 24.3 Å². The van der Waals surface area contributed by atoms with Gasteiger partial charge >= 0.3 is 5.76 Å². The molecule has 0 fully saturated rings. The summed E-state index contributed by atoms with van der Waals surface area (Å²) in [4.78, 5) is 0. The lowest BCUT2D eigenvalue weighted by atomic mass is 10.3. The Hall–Kier alpha value is -1.41. The van der Waals surface area contributed by atoms with Crippen molar-refractivity contribution in [1.82, 2.24) is 0 Å². The maximum absolute atomic E-state index is 12.2. The maximum Gasteiger partial charge on any atom is 0.355 e. The Morgan fingerprint density at radius 3 is 2.59 bits per heavy atom. The van der Waals surface area contributed by atoms with Crippen molar-refractivity contribution in [3.63, 3.8) is 0 Å². The Balaban J connectivity index is 2.91. The van der Waals surface area contributed by atoms with Crippen LogP contribution in [0.15, 0.2) is 24.3 Å². The van der Waals surface area contributed by atoms with Crippen molar-refractivity contribution >= 4 is 15.7 Å². The van der Waals surface area contributed by atoms with Gasteiger partial charge in [0, 0.05) is 6.54 Å². The van der Waals surface area contributed by atoms with Crippen molar-refractivity contribution in [1.29, 1.82) is 0 Å². The first-order valence-corrected chi connectivity index (χ1v) is 6.23. The monoisotopic (exact) mass is 266 g/mol. The van der Waals surface area contributed by atoms with Gasteiger partial charge in [0.1, 0.15) is 12.4 Å². The summed E-state index contributed by atoms with van der Waals surface area (Å²) in [5.74, 6) is -3.34. The molecule has 0 saturated heterocycles. The van der Waals surface area contributed by atoms with Gasteiger partial charge in [-0.3, -0.25) is 4.72 Å². The number of sulfonamides is 1. The van der Waals surface area contributed by atoms with Crippen LogP contribution in [0.4, 0.5) is 14.5 Å². The molecule has 17 heavy (non-hydrogen) atoms. The molecule has 1 rings (SSSR count). The van der Waals surface area contributed by atoms with Crippen LogP contribution in [-0.4, -0.2) is 27.3 Å². The number of hydrogen-bond acceptors (Lipinski definition) is 4. The minimum absolute atomic E-state index is 0.0405. The molecule has 0 saturated carbocycles. The van der Waals surface area contributed by atoms with Crippen LogP contribution in [-0.2, 0) is 10.0 Å². The highest BCUT2D eigenvalue weighted by molar-refractivity contribution is 7.93. The third-order valence-electron chi connectivity index (χ3n) is 1.75. The summed E-state index contributed by atoms with van der Waals surface area (Å²) in [5, 5.41) is 0. The van der Waals surface area contributed by atoms with E-state index in [4.69, 9.17) is 10.5 Å². The van der Waals surface area contributed by atoms with E-state index in [1.807, 2.05) is 0 Å². The zero-order valence-electron chi connectivity index (χ0n) is 8.77. The highest BCUT2D eigenvalue weighted by Crippen LogP contribution is 2.25. The normalized spacial score (nSPS) is 11.5. The predicted molar refractivity (Wildman–Crippen MR) is 59.5 cm³/mol. The number of alkyl halides is 2. The minimum atomic E-state index is -4.69. The number of rotatable bonds is 6. The molecule has 0 aliphatic heterocycles. The van der Waals surface area contributed by atoms with E-state index in [0.29, 0.717) is 0 Å². The fraction of sp³-hybridized carbons (Fsp3) is 0.333. The highest BCUT2D eigenvalue weighted by Gasteiger charge is 2.24. The van der Waals surface area contributed by atoms with Crippen LogP contribution in [0.1, 0.15) is 0 Å². The number of hydrogen-bond donors (Lipinski definition) is 2. The average molecular weight is 266 g/mol. The van der Waals surface area contributed by atoms with Gasteiger partial charge in [0.05, 0.1) is 5.69 Å². The van der Waals surface area contributed by atoms with Gasteiger partial charge in [-0.1, -0.05) is 12.1 Å². The first-order valence-electron chi connectivity index (χ1n) is 4.69. The highest BCUT2D eigenvalue weighted by atomic mass is 32.2. The second-order valence-electron chi connectivity index (χ2n) is 3.04. The van der Waals surface area contributed by atoms with Crippen molar-refractivity contribution < 1.29 is 21.9 Å². The van der Waals surface area contributed by atoms with Crippen molar-refractivity contribution in [2.45, 2.75) is 5.76 Å². The second kappa shape index (κ2) is 5.78. The first kappa shape index (κ1) is 13.7. The van der Waals surface area contributed by atoms with E-state index in [0.717, 1.165) is 0 Å². The average Bonchev–Trinajstić information content (AvgIpc) is 2.27. The molecule has 5 nitrogen and oxygen atoms in total. The van der Waals surface area contributed by atoms with Gasteiger partial charge in [0.25, 0.3) is 10.0 Å². The first-order chi connectivity index (χ1) is 7.97. The standard InChI is InChI=1S/C9H12F2N2O3S/c10-9(11)17(14,15)13-7-3-1-2-4-8(7)16-6-5-12/h1-4,9,13H,5-6,12H2.